The molecule has 3 aliphatic heterocycles. The van der Waals surface area contributed by atoms with Gasteiger partial charge >= 0.3 is 0 Å². The summed E-state index contributed by atoms with van der Waals surface area (Å²) in [6, 6.07) is 1.48. The van der Waals surface area contributed by atoms with Crippen LogP contribution in [0.25, 0.3) is 0 Å². The summed E-state index contributed by atoms with van der Waals surface area (Å²) in [5.74, 6) is 0. The highest BCUT2D eigenvalue weighted by atomic mass is 16.5. The van der Waals surface area contributed by atoms with E-state index < -0.39 is 0 Å². The summed E-state index contributed by atoms with van der Waals surface area (Å²) < 4.78 is 5.44. The molecular formula is C14H27N3O. The minimum atomic E-state index is 0.435. The number of fused-ring (bicyclic) bond motifs is 1. The minimum Gasteiger partial charge on any atom is -0.380 e. The van der Waals surface area contributed by atoms with E-state index in [0.717, 1.165) is 12.6 Å². The lowest BCUT2D eigenvalue weighted by molar-refractivity contribution is 0.115. The molecule has 0 saturated carbocycles. The molecule has 3 heterocycles. The van der Waals surface area contributed by atoms with E-state index in [9.17, 15) is 0 Å². The molecule has 0 aromatic rings. The van der Waals surface area contributed by atoms with Crippen LogP contribution in [0.2, 0.25) is 0 Å². The van der Waals surface area contributed by atoms with Gasteiger partial charge in [0, 0.05) is 38.8 Å². The van der Waals surface area contributed by atoms with Crippen molar-refractivity contribution in [1.29, 1.82) is 0 Å². The van der Waals surface area contributed by atoms with Crippen LogP contribution in [0.4, 0.5) is 0 Å². The molecule has 1 N–H and O–H groups in total. The lowest BCUT2D eigenvalue weighted by Crippen LogP contribution is -2.42. The first-order valence-corrected chi connectivity index (χ1v) is 7.58. The van der Waals surface area contributed by atoms with Gasteiger partial charge in [0.15, 0.2) is 0 Å². The van der Waals surface area contributed by atoms with Crippen molar-refractivity contribution in [3.8, 4) is 0 Å². The van der Waals surface area contributed by atoms with Gasteiger partial charge < -0.3 is 15.0 Å². The van der Waals surface area contributed by atoms with Gasteiger partial charge in [0.05, 0.1) is 6.10 Å². The summed E-state index contributed by atoms with van der Waals surface area (Å²) in [4.78, 5) is 5.39. The first-order valence-electron chi connectivity index (χ1n) is 7.58. The molecule has 3 unspecified atom stereocenters. The molecule has 0 spiro atoms. The van der Waals surface area contributed by atoms with Crippen LogP contribution in [0.1, 0.15) is 25.7 Å². The van der Waals surface area contributed by atoms with E-state index in [1.54, 1.807) is 0 Å². The Labute approximate surface area is 111 Å². The van der Waals surface area contributed by atoms with Crippen LogP contribution in [-0.2, 0) is 4.74 Å². The van der Waals surface area contributed by atoms with E-state index >= 15 is 0 Å². The standard InChI is InChI=1S/C14H27N3O/c1-18-14-8-12(15-9-14)10-16-5-3-7-17-6-2-4-13(17)11-16/h12-15H,2-11H2,1H3. The number of hydrogen-bond acceptors (Lipinski definition) is 4. The Morgan fingerprint density at radius 2 is 2.11 bits per heavy atom. The highest BCUT2D eigenvalue weighted by Crippen LogP contribution is 2.22. The summed E-state index contributed by atoms with van der Waals surface area (Å²) in [6.07, 6.45) is 5.78. The number of hydrogen-bond donors (Lipinski definition) is 1. The lowest BCUT2D eigenvalue weighted by Gasteiger charge is -2.27. The Bertz CT molecular complexity index is 274. The average Bonchev–Trinajstić information content (AvgIpc) is 2.96. The zero-order chi connectivity index (χ0) is 12.4. The van der Waals surface area contributed by atoms with Crippen LogP contribution in [0.3, 0.4) is 0 Å². The van der Waals surface area contributed by atoms with Gasteiger partial charge in [-0.05, 0) is 45.3 Å². The van der Waals surface area contributed by atoms with Gasteiger partial charge in [0.2, 0.25) is 0 Å². The van der Waals surface area contributed by atoms with E-state index in [1.807, 2.05) is 7.11 Å². The summed E-state index contributed by atoms with van der Waals surface area (Å²) in [5, 5.41) is 3.60. The molecule has 0 aromatic heterocycles. The zero-order valence-corrected chi connectivity index (χ0v) is 11.6. The molecule has 3 atom stereocenters. The quantitative estimate of drug-likeness (QED) is 0.794. The predicted molar refractivity (Wildman–Crippen MR) is 72.9 cm³/mol. The van der Waals surface area contributed by atoms with Gasteiger partial charge in [-0.2, -0.15) is 0 Å². The molecule has 0 amide bonds. The summed E-state index contributed by atoms with van der Waals surface area (Å²) >= 11 is 0. The molecule has 3 rings (SSSR count). The maximum atomic E-state index is 5.44. The van der Waals surface area contributed by atoms with Crippen molar-refractivity contribution in [2.24, 2.45) is 0 Å². The van der Waals surface area contributed by atoms with Gasteiger partial charge in [0.25, 0.3) is 0 Å². The van der Waals surface area contributed by atoms with Crippen LogP contribution in [0.15, 0.2) is 0 Å². The molecule has 4 heteroatoms. The number of nitrogens with one attached hydrogen (secondary N) is 1. The van der Waals surface area contributed by atoms with E-state index in [4.69, 9.17) is 4.74 Å². The molecule has 3 saturated heterocycles. The van der Waals surface area contributed by atoms with Gasteiger partial charge in [-0.1, -0.05) is 0 Å². The monoisotopic (exact) mass is 253 g/mol. The molecule has 0 radical (unpaired) electrons. The Kier molecular flexibility index (Phi) is 4.19. The largest absolute Gasteiger partial charge is 0.380 e. The van der Waals surface area contributed by atoms with Crippen molar-refractivity contribution in [3.63, 3.8) is 0 Å². The van der Waals surface area contributed by atoms with Crippen LogP contribution in [0.5, 0.6) is 0 Å². The molecule has 4 nitrogen and oxygen atoms in total. The fourth-order valence-electron chi connectivity index (χ4n) is 3.86. The Balaban J connectivity index is 1.50. The highest BCUT2D eigenvalue weighted by Gasteiger charge is 2.31. The molecule has 3 fully saturated rings. The van der Waals surface area contributed by atoms with Crippen molar-refractivity contribution in [1.82, 2.24) is 15.1 Å². The molecular weight excluding hydrogens is 226 g/mol. The summed E-state index contributed by atoms with van der Waals surface area (Å²) in [7, 11) is 1.83. The average molecular weight is 253 g/mol. The van der Waals surface area contributed by atoms with Crippen molar-refractivity contribution >= 4 is 0 Å². The van der Waals surface area contributed by atoms with Gasteiger partial charge in [0.1, 0.15) is 0 Å². The van der Waals surface area contributed by atoms with Crippen LogP contribution >= 0.6 is 0 Å². The van der Waals surface area contributed by atoms with E-state index in [-0.39, 0.29) is 0 Å². The van der Waals surface area contributed by atoms with E-state index in [1.165, 1.54) is 58.4 Å². The fourth-order valence-corrected chi connectivity index (χ4v) is 3.86. The zero-order valence-electron chi connectivity index (χ0n) is 11.6. The van der Waals surface area contributed by atoms with Gasteiger partial charge in [-0.25, -0.2) is 0 Å². The second kappa shape index (κ2) is 5.87. The van der Waals surface area contributed by atoms with Crippen molar-refractivity contribution in [2.45, 2.75) is 43.9 Å². The first kappa shape index (κ1) is 12.9. The van der Waals surface area contributed by atoms with E-state index in [0.29, 0.717) is 12.1 Å². The predicted octanol–water partition coefficient (Wildman–Crippen LogP) is 0.533. The molecule has 0 aliphatic carbocycles. The Hall–Kier alpha value is -0.160. The highest BCUT2D eigenvalue weighted by molar-refractivity contribution is 4.89. The van der Waals surface area contributed by atoms with Crippen LogP contribution in [0, 0.1) is 0 Å². The number of rotatable bonds is 3. The Morgan fingerprint density at radius 1 is 1.22 bits per heavy atom. The molecule has 104 valence electrons. The third-order valence-electron chi connectivity index (χ3n) is 4.88. The van der Waals surface area contributed by atoms with Crippen molar-refractivity contribution < 1.29 is 4.74 Å². The second-order valence-corrected chi connectivity index (χ2v) is 6.14. The fraction of sp³-hybridized carbons (Fsp3) is 1.00. The molecule has 0 aromatic carbocycles. The smallest absolute Gasteiger partial charge is 0.0711 e. The van der Waals surface area contributed by atoms with E-state index in [2.05, 4.69) is 15.1 Å². The minimum absolute atomic E-state index is 0.435. The maximum absolute atomic E-state index is 5.44. The Morgan fingerprint density at radius 3 is 2.94 bits per heavy atom. The van der Waals surface area contributed by atoms with Gasteiger partial charge in [-0.15, -0.1) is 0 Å². The topological polar surface area (TPSA) is 27.7 Å². The van der Waals surface area contributed by atoms with Crippen LogP contribution in [-0.4, -0.2) is 74.4 Å². The third-order valence-corrected chi connectivity index (χ3v) is 4.88. The van der Waals surface area contributed by atoms with Crippen molar-refractivity contribution in [2.75, 3.05) is 46.4 Å². The lowest BCUT2D eigenvalue weighted by atomic mass is 10.1. The normalized spacial score (nSPS) is 38.8. The number of methoxy groups -OCH3 is 1. The molecule has 3 aliphatic rings. The molecule has 18 heavy (non-hydrogen) atoms. The second-order valence-electron chi connectivity index (χ2n) is 6.14. The molecule has 0 bridgehead atoms. The maximum Gasteiger partial charge on any atom is 0.0711 e. The third kappa shape index (κ3) is 2.87. The van der Waals surface area contributed by atoms with Crippen molar-refractivity contribution in [3.05, 3.63) is 0 Å². The number of ether oxygens (including phenoxy) is 1. The summed E-state index contributed by atoms with van der Waals surface area (Å²) in [6.45, 7) is 7.47. The van der Waals surface area contributed by atoms with Crippen LogP contribution < -0.4 is 5.32 Å². The summed E-state index contributed by atoms with van der Waals surface area (Å²) in [5.41, 5.74) is 0. The number of nitrogens with zero attached hydrogens (tertiary/aromatic N) is 2. The van der Waals surface area contributed by atoms with Gasteiger partial charge in [-0.3, -0.25) is 4.90 Å². The first-order chi connectivity index (χ1) is 8.85. The SMILES string of the molecule is COC1CNC(CN2CCCN3CCCC3C2)C1.